The van der Waals surface area contributed by atoms with E-state index in [0.29, 0.717) is 23.2 Å². The van der Waals surface area contributed by atoms with E-state index in [1.54, 1.807) is 0 Å². The second-order valence-electron chi connectivity index (χ2n) is 4.03. The minimum atomic E-state index is -1.04. The Morgan fingerprint density at radius 1 is 1.00 bits per heavy atom. The second-order valence-corrected chi connectivity index (χ2v) is 4.03. The molecule has 0 fully saturated rings. The first-order chi connectivity index (χ1) is 9.04. The van der Waals surface area contributed by atoms with E-state index in [4.69, 9.17) is 0 Å². The quantitative estimate of drug-likeness (QED) is 0.708. The first-order valence-electron chi connectivity index (χ1n) is 5.38. The molecular weight excluding hydrogens is 257 g/mol. The Balaban J connectivity index is 2.24. The molecule has 0 aliphatic rings. The van der Waals surface area contributed by atoms with Crippen molar-refractivity contribution in [3.05, 3.63) is 47.8 Å². The van der Waals surface area contributed by atoms with Crippen LogP contribution in [0.3, 0.4) is 0 Å². The van der Waals surface area contributed by atoms with E-state index < -0.39 is 23.0 Å². The molecule has 19 heavy (non-hydrogen) atoms. The number of phenolic OH excluding ortho intramolecular Hbond substituents is 1. The molecule has 0 bridgehead atoms. The monoisotopic (exact) mass is 264 g/mol. The summed E-state index contributed by atoms with van der Waals surface area (Å²) in [7, 11) is 0. The number of hydrogen-bond donors (Lipinski definition) is 2. The van der Waals surface area contributed by atoms with E-state index in [-0.39, 0.29) is 11.6 Å². The minimum absolute atomic E-state index is 0.00255. The number of aromatic nitrogens is 2. The van der Waals surface area contributed by atoms with Gasteiger partial charge in [0.15, 0.2) is 0 Å². The normalized spacial score (nSPS) is 11.1. The zero-order valence-electron chi connectivity index (χ0n) is 9.42. The largest absolute Gasteiger partial charge is 0.508 e. The molecule has 0 amide bonds. The molecular formula is C13H7F3N2O. The van der Waals surface area contributed by atoms with Gasteiger partial charge in [0.2, 0.25) is 0 Å². The predicted molar refractivity (Wildman–Crippen MR) is 63.1 cm³/mol. The van der Waals surface area contributed by atoms with E-state index in [0.717, 1.165) is 0 Å². The summed E-state index contributed by atoms with van der Waals surface area (Å²) in [5.41, 5.74) is 0.436. The smallest absolute Gasteiger partial charge is 0.144 e. The van der Waals surface area contributed by atoms with Crippen molar-refractivity contribution in [3.63, 3.8) is 0 Å². The topological polar surface area (TPSA) is 48.9 Å². The zero-order valence-corrected chi connectivity index (χ0v) is 9.42. The van der Waals surface area contributed by atoms with Gasteiger partial charge in [-0.05, 0) is 12.1 Å². The van der Waals surface area contributed by atoms with E-state index >= 15 is 0 Å². The molecule has 96 valence electrons. The number of benzene rings is 2. The summed E-state index contributed by atoms with van der Waals surface area (Å²) < 4.78 is 40.1. The Hall–Kier alpha value is -2.50. The van der Waals surface area contributed by atoms with E-state index in [2.05, 4.69) is 9.97 Å². The molecule has 0 aliphatic heterocycles. The number of nitrogens with one attached hydrogen (secondary N) is 1. The lowest BCUT2D eigenvalue weighted by Crippen LogP contribution is -1.93. The van der Waals surface area contributed by atoms with Gasteiger partial charge >= 0.3 is 0 Å². The molecule has 0 atom stereocenters. The fourth-order valence-corrected chi connectivity index (χ4v) is 1.88. The maximum absolute atomic E-state index is 13.6. The van der Waals surface area contributed by atoms with Crippen molar-refractivity contribution >= 4 is 11.0 Å². The molecule has 0 unspecified atom stereocenters. The van der Waals surface area contributed by atoms with Crippen LogP contribution >= 0.6 is 0 Å². The molecule has 0 aliphatic carbocycles. The van der Waals surface area contributed by atoms with Crippen LogP contribution in [-0.4, -0.2) is 15.1 Å². The van der Waals surface area contributed by atoms with Crippen molar-refractivity contribution < 1.29 is 18.3 Å². The number of imidazole rings is 1. The Morgan fingerprint density at radius 2 is 1.68 bits per heavy atom. The van der Waals surface area contributed by atoms with Crippen LogP contribution in [0.5, 0.6) is 5.75 Å². The molecule has 0 radical (unpaired) electrons. The van der Waals surface area contributed by atoms with Crippen LogP contribution in [0.4, 0.5) is 13.2 Å². The number of hydrogen-bond acceptors (Lipinski definition) is 2. The van der Waals surface area contributed by atoms with Gasteiger partial charge in [-0.3, -0.25) is 0 Å². The highest BCUT2D eigenvalue weighted by Gasteiger charge is 2.17. The minimum Gasteiger partial charge on any atom is -0.508 e. The van der Waals surface area contributed by atoms with Crippen LogP contribution in [-0.2, 0) is 0 Å². The lowest BCUT2D eigenvalue weighted by molar-refractivity contribution is 0.476. The lowest BCUT2D eigenvalue weighted by Gasteiger charge is -2.01. The van der Waals surface area contributed by atoms with Gasteiger partial charge in [0.1, 0.15) is 29.0 Å². The van der Waals surface area contributed by atoms with Gasteiger partial charge < -0.3 is 10.1 Å². The standard InChI is InChI=1S/C13H7F3N2O/c14-6-3-8(15)12(9(16)4-6)13-17-10-2-1-7(19)5-11(10)18-13/h1-5,19H,(H,17,18). The van der Waals surface area contributed by atoms with E-state index in [1.807, 2.05) is 0 Å². The fraction of sp³-hybridized carbons (Fsp3) is 0. The molecule has 3 aromatic rings. The van der Waals surface area contributed by atoms with Gasteiger partial charge in [0.05, 0.1) is 16.6 Å². The van der Waals surface area contributed by atoms with Crippen molar-refractivity contribution in [3.8, 4) is 17.1 Å². The summed E-state index contributed by atoms with van der Waals surface area (Å²) in [6.07, 6.45) is 0. The van der Waals surface area contributed by atoms with Gasteiger partial charge in [-0.15, -0.1) is 0 Å². The van der Waals surface area contributed by atoms with Crippen LogP contribution in [0.2, 0.25) is 0 Å². The zero-order chi connectivity index (χ0) is 13.6. The van der Waals surface area contributed by atoms with Gasteiger partial charge in [0, 0.05) is 18.2 Å². The SMILES string of the molecule is Oc1ccc2nc(-c3c(F)cc(F)cc3F)[nH]c2c1. The van der Waals surface area contributed by atoms with Gasteiger partial charge in [-0.25, -0.2) is 18.2 Å². The Bertz CT molecular complexity index is 760. The first-order valence-corrected chi connectivity index (χ1v) is 5.38. The molecule has 0 saturated heterocycles. The van der Waals surface area contributed by atoms with Crippen LogP contribution in [0, 0.1) is 17.5 Å². The highest BCUT2D eigenvalue weighted by molar-refractivity contribution is 5.80. The van der Waals surface area contributed by atoms with Crippen molar-refractivity contribution in [2.24, 2.45) is 0 Å². The Labute approximate surface area is 105 Å². The van der Waals surface area contributed by atoms with Crippen LogP contribution in [0.15, 0.2) is 30.3 Å². The van der Waals surface area contributed by atoms with Crippen molar-refractivity contribution in [1.29, 1.82) is 0 Å². The number of nitrogens with zero attached hydrogens (tertiary/aromatic N) is 1. The number of halogens is 3. The molecule has 0 saturated carbocycles. The lowest BCUT2D eigenvalue weighted by atomic mass is 10.2. The number of aromatic hydroxyl groups is 1. The van der Waals surface area contributed by atoms with Gasteiger partial charge in [-0.1, -0.05) is 0 Å². The maximum Gasteiger partial charge on any atom is 0.144 e. The number of fused-ring (bicyclic) bond motifs is 1. The number of H-pyrrole nitrogens is 1. The summed E-state index contributed by atoms with van der Waals surface area (Å²) in [6.45, 7) is 0. The van der Waals surface area contributed by atoms with Crippen LogP contribution in [0.1, 0.15) is 0 Å². The number of aromatic amines is 1. The van der Waals surface area contributed by atoms with Crippen LogP contribution < -0.4 is 0 Å². The molecule has 1 heterocycles. The third-order valence-electron chi connectivity index (χ3n) is 2.71. The van der Waals surface area contributed by atoms with Crippen LogP contribution in [0.25, 0.3) is 22.4 Å². The average Bonchev–Trinajstić information content (AvgIpc) is 2.69. The molecule has 0 spiro atoms. The Kier molecular flexibility index (Phi) is 2.45. The number of rotatable bonds is 1. The molecule has 1 aromatic heterocycles. The molecule has 2 N–H and O–H groups in total. The summed E-state index contributed by atoms with van der Waals surface area (Å²) in [5, 5.41) is 9.31. The molecule has 6 heteroatoms. The molecule has 3 nitrogen and oxygen atoms in total. The maximum atomic E-state index is 13.6. The predicted octanol–water partition coefficient (Wildman–Crippen LogP) is 3.35. The highest BCUT2D eigenvalue weighted by atomic mass is 19.1. The van der Waals surface area contributed by atoms with E-state index in [9.17, 15) is 18.3 Å². The van der Waals surface area contributed by atoms with Crippen molar-refractivity contribution in [2.75, 3.05) is 0 Å². The number of phenols is 1. The molecule has 3 rings (SSSR count). The third-order valence-corrected chi connectivity index (χ3v) is 2.71. The first kappa shape index (κ1) is 11.6. The summed E-state index contributed by atoms with van der Waals surface area (Å²) in [5.74, 6) is -3.13. The second kappa shape index (κ2) is 4.01. The summed E-state index contributed by atoms with van der Waals surface area (Å²) in [6, 6.07) is 5.46. The average molecular weight is 264 g/mol. The summed E-state index contributed by atoms with van der Waals surface area (Å²) >= 11 is 0. The van der Waals surface area contributed by atoms with Crippen molar-refractivity contribution in [2.45, 2.75) is 0 Å². The van der Waals surface area contributed by atoms with E-state index in [1.165, 1.54) is 18.2 Å². The molecule has 2 aromatic carbocycles. The van der Waals surface area contributed by atoms with Gasteiger partial charge in [0.25, 0.3) is 0 Å². The summed E-state index contributed by atoms with van der Waals surface area (Å²) in [4.78, 5) is 6.69. The van der Waals surface area contributed by atoms with Gasteiger partial charge in [-0.2, -0.15) is 0 Å². The highest BCUT2D eigenvalue weighted by Crippen LogP contribution is 2.27. The fourth-order valence-electron chi connectivity index (χ4n) is 1.88. The van der Waals surface area contributed by atoms with Crippen molar-refractivity contribution in [1.82, 2.24) is 9.97 Å². The third kappa shape index (κ3) is 1.91. The Morgan fingerprint density at radius 3 is 2.37 bits per heavy atom.